The number of amides is 1. The second-order valence-corrected chi connectivity index (χ2v) is 4.90. The first-order valence-corrected chi connectivity index (χ1v) is 5.88. The number of pyridine rings is 1. The third kappa shape index (κ3) is 6.39. The number of hydrazine groups is 1. The lowest BCUT2D eigenvalue weighted by Gasteiger charge is -2.19. The Bertz CT molecular complexity index is 503. The Balaban J connectivity index is 2.50. The monoisotopic (exact) mass is 279 g/mol. The standard InChI is InChI=1S/C13H17N3O4/c1-13(2,3)20-12(19)16-15-10-6-4-9(8-14-10)5-7-11(17)18/h4-8H,1-3H3,(H,14,15)(H,16,19)(H,17,18). The van der Waals surface area contributed by atoms with E-state index in [0.717, 1.165) is 6.08 Å². The first kappa shape index (κ1) is 15.5. The molecular formula is C13H17N3O4. The van der Waals surface area contributed by atoms with E-state index < -0.39 is 17.7 Å². The van der Waals surface area contributed by atoms with Gasteiger partial charge in [0.2, 0.25) is 0 Å². The fraction of sp³-hybridized carbons (Fsp3) is 0.308. The van der Waals surface area contributed by atoms with Gasteiger partial charge in [0.1, 0.15) is 11.4 Å². The molecule has 1 aromatic rings. The molecular weight excluding hydrogens is 262 g/mol. The number of nitrogens with one attached hydrogen (secondary N) is 2. The van der Waals surface area contributed by atoms with Crippen LogP contribution in [0.25, 0.3) is 6.08 Å². The van der Waals surface area contributed by atoms with Crippen LogP contribution in [-0.4, -0.2) is 27.8 Å². The zero-order valence-electron chi connectivity index (χ0n) is 11.5. The number of aromatic nitrogens is 1. The van der Waals surface area contributed by atoms with E-state index in [4.69, 9.17) is 9.84 Å². The number of hydrogen-bond donors (Lipinski definition) is 3. The number of aliphatic carboxylic acids is 1. The minimum absolute atomic E-state index is 0.406. The molecule has 1 aromatic heterocycles. The van der Waals surface area contributed by atoms with Crippen molar-refractivity contribution < 1.29 is 19.4 Å². The van der Waals surface area contributed by atoms with Crippen molar-refractivity contribution in [3.63, 3.8) is 0 Å². The van der Waals surface area contributed by atoms with Crippen LogP contribution in [0.1, 0.15) is 26.3 Å². The largest absolute Gasteiger partial charge is 0.478 e. The molecule has 0 radical (unpaired) electrons. The summed E-state index contributed by atoms with van der Waals surface area (Å²) in [6.07, 6.45) is 3.29. The van der Waals surface area contributed by atoms with E-state index in [0.29, 0.717) is 11.4 Å². The third-order valence-corrected chi connectivity index (χ3v) is 1.90. The molecule has 0 aliphatic rings. The fourth-order valence-corrected chi connectivity index (χ4v) is 1.16. The number of hydrogen-bond acceptors (Lipinski definition) is 5. The predicted octanol–water partition coefficient (Wildman–Crippen LogP) is 2.03. The van der Waals surface area contributed by atoms with Crippen molar-refractivity contribution >= 4 is 24.0 Å². The van der Waals surface area contributed by atoms with Crippen molar-refractivity contribution in [3.8, 4) is 0 Å². The molecule has 20 heavy (non-hydrogen) atoms. The number of carbonyl (C=O) groups excluding carboxylic acids is 1. The molecule has 0 saturated heterocycles. The molecule has 1 rings (SSSR count). The summed E-state index contributed by atoms with van der Waals surface area (Å²) >= 11 is 0. The van der Waals surface area contributed by atoms with Crippen molar-refractivity contribution in [2.75, 3.05) is 5.43 Å². The van der Waals surface area contributed by atoms with E-state index in [1.165, 1.54) is 12.3 Å². The molecule has 7 heteroatoms. The molecule has 1 amide bonds. The number of carbonyl (C=O) groups is 2. The Kier molecular flexibility index (Phi) is 5.08. The molecule has 0 spiro atoms. The summed E-state index contributed by atoms with van der Waals surface area (Å²) in [5, 5.41) is 8.49. The summed E-state index contributed by atoms with van der Waals surface area (Å²) in [5.74, 6) is -0.623. The quantitative estimate of drug-likeness (QED) is 0.576. The third-order valence-electron chi connectivity index (χ3n) is 1.90. The highest BCUT2D eigenvalue weighted by Gasteiger charge is 2.15. The summed E-state index contributed by atoms with van der Waals surface area (Å²) in [6.45, 7) is 5.28. The van der Waals surface area contributed by atoms with Crippen LogP contribution in [0.2, 0.25) is 0 Å². The molecule has 0 aliphatic carbocycles. The molecule has 108 valence electrons. The molecule has 0 fully saturated rings. The summed E-state index contributed by atoms with van der Waals surface area (Å²) < 4.78 is 5.03. The van der Waals surface area contributed by atoms with E-state index in [9.17, 15) is 9.59 Å². The number of ether oxygens (including phenoxy) is 1. The summed E-state index contributed by atoms with van der Waals surface area (Å²) in [4.78, 5) is 25.7. The molecule has 0 aromatic carbocycles. The number of anilines is 1. The number of carboxylic acids is 1. The average molecular weight is 279 g/mol. The van der Waals surface area contributed by atoms with Crippen LogP contribution in [-0.2, 0) is 9.53 Å². The topological polar surface area (TPSA) is 101 Å². The van der Waals surface area contributed by atoms with Gasteiger partial charge in [-0.1, -0.05) is 0 Å². The van der Waals surface area contributed by atoms with Crippen molar-refractivity contribution in [2.45, 2.75) is 26.4 Å². The van der Waals surface area contributed by atoms with Crippen LogP contribution in [0.15, 0.2) is 24.4 Å². The molecule has 3 N–H and O–H groups in total. The normalized spacial score (nSPS) is 11.2. The maximum Gasteiger partial charge on any atom is 0.426 e. The number of carboxylic acid groups (broad SMARTS) is 1. The summed E-state index contributed by atoms with van der Waals surface area (Å²) in [7, 11) is 0. The van der Waals surface area contributed by atoms with Crippen LogP contribution >= 0.6 is 0 Å². The van der Waals surface area contributed by atoms with Crippen LogP contribution in [0.4, 0.5) is 10.6 Å². The first-order chi connectivity index (χ1) is 9.26. The number of rotatable bonds is 4. The van der Waals surface area contributed by atoms with Gasteiger partial charge in [0.15, 0.2) is 0 Å². The molecule has 0 unspecified atom stereocenters. The second kappa shape index (κ2) is 6.55. The smallest absolute Gasteiger partial charge is 0.426 e. The van der Waals surface area contributed by atoms with Gasteiger partial charge in [0.25, 0.3) is 0 Å². The Morgan fingerprint density at radius 2 is 2.05 bits per heavy atom. The van der Waals surface area contributed by atoms with Crippen molar-refractivity contribution in [3.05, 3.63) is 30.0 Å². The zero-order chi connectivity index (χ0) is 15.2. The van der Waals surface area contributed by atoms with Crippen LogP contribution in [0.3, 0.4) is 0 Å². The molecule has 0 aliphatic heterocycles. The first-order valence-electron chi connectivity index (χ1n) is 5.88. The Labute approximate surface area is 116 Å². The lowest BCUT2D eigenvalue weighted by Crippen LogP contribution is -2.36. The minimum Gasteiger partial charge on any atom is -0.478 e. The van der Waals surface area contributed by atoms with Crippen LogP contribution in [0.5, 0.6) is 0 Å². The van der Waals surface area contributed by atoms with Gasteiger partial charge in [-0.25, -0.2) is 20.0 Å². The Hall–Kier alpha value is -2.57. The van der Waals surface area contributed by atoms with Crippen molar-refractivity contribution in [1.82, 2.24) is 10.4 Å². The highest BCUT2D eigenvalue weighted by molar-refractivity contribution is 5.85. The van der Waals surface area contributed by atoms with Gasteiger partial charge in [-0.15, -0.1) is 0 Å². The van der Waals surface area contributed by atoms with Gasteiger partial charge in [-0.3, -0.25) is 5.43 Å². The van der Waals surface area contributed by atoms with Crippen LogP contribution < -0.4 is 10.9 Å². The van der Waals surface area contributed by atoms with Crippen molar-refractivity contribution in [2.24, 2.45) is 0 Å². The van der Waals surface area contributed by atoms with Gasteiger partial charge in [-0.05, 0) is 44.5 Å². The Morgan fingerprint density at radius 1 is 1.35 bits per heavy atom. The van der Waals surface area contributed by atoms with Gasteiger partial charge < -0.3 is 9.84 Å². The second-order valence-electron chi connectivity index (χ2n) is 4.90. The van der Waals surface area contributed by atoms with E-state index in [-0.39, 0.29) is 0 Å². The molecule has 7 nitrogen and oxygen atoms in total. The van der Waals surface area contributed by atoms with E-state index >= 15 is 0 Å². The summed E-state index contributed by atoms with van der Waals surface area (Å²) in [5.41, 5.74) is 4.98. The average Bonchev–Trinajstić information content (AvgIpc) is 2.33. The maximum absolute atomic E-state index is 11.4. The maximum atomic E-state index is 11.4. The van der Waals surface area contributed by atoms with Gasteiger partial charge in [0, 0.05) is 12.3 Å². The molecule has 0 saturated carbocycles. The fourth-order valence-electron chi connectivity index (χ4n) is 1.16. The lowest BCUT2D eigenvalue weighted by molar-refractivity contribution is -0.131. The predicted molar refractivity (Wildman–Crippen MR) is 73.9 cm³/mol. The Morgan fingerprint density at radius 3 is 2.55 bits per heavy atom. The lowest BCUT2D eigenvalue weighted by atomic mass is 10.2. The SMILES string of the molecule is CC(C)(C)OC(=O)NNc1ccc(C=CC(=O)O)cn1. The molecule has 1 heterocycles. The van der Waals surface area contributed by atoms with Gasteiger partial charge >= 0.3 is 12.1 Å². The van der Waals surface area contributed by atoms with E-state index in [1.807, 2.05) is 0 Å². The zero-order valence-corrected chi connectivity index (χ0v) is 11.5. The highest BCUT2D eigenvalue weighted by atomic mass is 16.6. The number of nitrogens with zero attached hydrogens (tertiary/aromatic N) is 1. The van der Waals surface area contributed by atoms with Crippen molar-refractivity contribution in [1.29, 1.82) is 0 Å². The van der Waals surface area contributed by atoms with E-state index in [2.05, 4.69) is 15.8 Å². The molecule has 0 bridgehead atoms. The van der Waals surface area contributed by atoms with Gasteiger partial charge in [0.05, 0.1) is 0 Å². The van der Waals surface area contributed by atoms with Gasteiger partial charge in [-0.2, -0.15) is 0 Å². The van der Waals surface area contributed by atoms with Crippen LogP contribution in [0, 0.1) is 0 Å². The van der Waals surface area contributed by atoms with E-state index in [1.54, 1.807) is 32.9 Å². The highest BCUT2D eigenvalue weighted by Crippen LogP contribution is 2.08. The molecule has 0 atom stereocenters. The minimum atomic E-state index is -1.03. The summed E-state index contributed by atoms with van der Waals surface area (Å²) in [6, 6.07) is 3.25.